The van der Waals surface area contributed by atoms with Crippen LogP contribution in [-0.2, 0) is 6.54 Å². The molecule has 0 saturated heterocycles. The Balaban J connectivity index is 2.76. The lowest BCUT2D eigenvalue weighted by Crippen LogP contribution is -2.47. The van der Waals surface area contributed by atoms with Gasteiger partial charge in [-0.15, -0.1) is 11.3 Å². The number of aromatic nitrogens is 2. The van der Waals surface area contributed by atoms with Crippen molar-refractivity contribution in [1.29, 1.82) is 0 Å². The van der Waals surface area contributed by atoms with Crippen LogP contribution in [0.5, 0.6) is 0 Å². The van der Waals surface area contributed by atoms with Gasteiger partial charge in [-0.1, -0.05) is 0 Å². The molecule has 7 nitrogen and oxygen atoms in total. The van der Waals surface area contributed by atoms with Crippen molar-refractivity contribution in [2.75, 3.05) is 6.61 Å². The zero-order valence-electron chi connectivity index (χ0n) is 12.0. The van der Waals surface area contributed by atoms with Gasteiger partial charge in [-0.05, 0) is 26.3 Å². The SMILES string of the molecule is CCn1c(=O)c2c(C)[c]sc2n(C(=O)N[C@@H](C)CO)c1=O. The number of aryl methyl sites for hydroxylation is 1. The molecule has 8 heteroatoms. The largest absolute Gasteiger partial charge is 0.394 e. The van der Waals surface area contributed by atoms with Crippen LogP contribution in [0.4, 0.5) is 4.79 Å². The fourth-order valence-electron chi connectivity index (χ4n) is 2.01. The zero-order chi connectivity index (χ0) is 15.7. The van der Waals surface area contributed by atoms with Gasteiger partial charge in [0.2, 0.25) is 0 Å². The normalized spacial score (nSPS) is 12.6. The molecule has 0 saturated carbocycles. The van der Waals surface area contributed by atoms with E-state index in [4.69, 9.17) is 5.11 Å². The van der Waals surface area contributed by atoms with E-state index in [1.807, 2.05) is 0 Å². The van der Waals surface area contributed by atoms with Gasteiger partial charge >= 0.3 is 11.7 Å². The minimum Gasteiger partial charge on any atom is -0.394 e. The van der Waals surface area contributed by atoms with Crippen molar-refractivity contribution in [3.8, 4) is 0 Å². The van der Waals surface area contributed by atoms with Gasteiger partial charge in [-0.3, -0.25) is 9.36 Å². The molecule has 0 unspecified atom stereocenters. The molecule has 21 heavy (non-hydrogen) atoms. The first-order valence-electron chi connectivity index (χ1n) is 6.50. The summed E-state index contributed by atoms with van der Waals surface area (Å²) in [5.74, 6) is 0. The van der Waals surface area contributed by atoms with Crippen molar-refractivity contribution in [1.82, 2.24) is 14.5 Å². The Morgan fingerprint density at radius 2 is 2.14 bits per heavy atom. The third kappa shape index (κ3) is 2.52. The standard InChI is InChI=1S/C13H16N3O4S/c1-4-15-10(18)9-7(2)6-21-11(9)16(13(15)20)12(19)14-8(3)5-17/h8,17H,4-5H2,1-3H3,(H,14,19)/t8-/m0/s1. The molecule has 0 aromatic carbocycles. The molecule has 113 valence electrons. The Hall–Kier alpha value is -1.93. The second-order valence-corrected chi connectivity index (χ2v) is 5.50. The number of nitrogens with zero attached hydrogens (tertiary/aromatic N) is 2. The Kier molecular flexibility index (Phi) is 4.29. The Morgan fingerprint density at radius 1 is 1.48 bits per heavy atom. The first-order valence-corrected chi connectivity index (χ1v) is 7.32. The highest BCUT2D eigenvalue weighted by Gasteiger charge is 2.20. The van der Waals surface area contributed by atoms with E-state index in [0.717, 1.165) is 20.5 Å². The number of carbonyl (C=O) groups excluding carboxylic acids is 1. The molecule has 0 fully saturated rings. The number of hydrogen-bond acceptors (Lipinski definition) is 5. The van der Waals surface area contributed by atoms with Crippen molar-refractivity contribution < 1.29 is 9.90 Å². The third-order valence-electron chi connectivity index (χ3n) is 3.14. The van der Waals surface area contributed by atoms with Crippen LogP contribution in [-0.4, -0.2) is 32.9 Å². The average Bonchev–Trinajstić information content (AvgIpc) is 2.81. The van der Waals surface area contributed by atoms with E-state index in [1.54, 1.807) is 20.8 Å². The number of fused-ring (bicyclic) bond motifs is 1. The summed E-state index contributed by atoms with van der Waals surface area (Å²) in [6.07, 6.45) is 0. The van der Waals surface area contributed by atoms with Crippen molar-refractivity contribution in [2.24, 2.45) is 0 Å². The van der Waals surface area contributed by atoms with Gasteiger partial charge in [0.25, 0.3) is 5.56 Å². The van der Waals surface area contributed by atoms with E-state index in [0.29, 0.717) is 10.9 Å². The molecule has 1 atom stereocenters. The van der Waals surface area contributed by atoms with Crippen LogP contribution in [0.25, 0.3) is 10.2 Å². The average molecular weight is 310 g/mol. The molecule has 0 aliphatic carbocycles. The third-order valence-corrected chi connectivity index (χ3v) is 4.13. The van der Waals surface area contributed by atoms with Crippen LogP contribution in [0.3, 0.4) is 0 Å². The van der Waals surface area contributed by atoms with Crippen LogP contribution in [0.15, 0.2) is 9.59 Å². The number of aliphatic hydroxyl groups excluding tert-OH is 1. The van der Waals surface area contributed by atoms with Crippen LogP contribution in [0.1, 0.15) is 19.4 Å². The Labute approximate surface area is 124 Å². The number of aliphatic hydroxyl groups is 1. The van der Waals surface area contributed by atoms with E-state index in [9.17, 15) is 14.4 Å². The predicted octanol–water partition coefficient (Wildman–Crippen LogP) is 0.292. The minimum atomic E-state index is -0.687. The fraction of sp³-hybridized carbons (Fsp3) is 0.462. The molecular weight excluding hydrogens is 294 g/mol. The summed E-state index contributed by atoms with van der Waals surface area (Å²) in [6.45, 7) is 4.92. The summed E-state index contributed by atoms with van der Waals surface area (Å²) in [5.41, 5.74) is -0.487. The number of carbonyl (C=O) groups is 1. The smallest absolute Gasteiger partial charge is 0.340 e. The molecule has 1 amide bonds. The summed E-state index contributed by atoms with van der Waals surface area (Å²) in [6, 6.07) is -1.16. The minimum absolute atomic E-state index is 0.172. The monoisotopic (exact) mass is 310 g/mol. The number of thiophene rings is 1. The molecule has 0 aliphatic heterocycles. The fourth-order valence-corrected chi connectivity index (χ4v) is 2.95. The first kappa shape index (κ1) is 15.5. The van der Waals surface area contributed by atoms with Crippen molar-refractivity contribution in [2.45, 2.75) is 33.4 Å². The topological polar surface area (TPSA) is 93.3 Å². The van der Waals surface area contributed by atoms with E-state index >= 15 is 0 Å². The number of hydrogen-bond donors (Lipinski definition) is 2. The lowest BCUT2D eigenvalue weighted by Gasteiger charge is -2.14. The highest BCUT2D eigenvalue weighted by Crippen LogP contribution is 2.20. The van der Waals surface area contributed by atoms with Crippen molar-refractivity contribution in [3.63, 3.8) is 0 Å². The Bertz CT molecular complexity index is 802. The maximum atomic E-state index is 12.4. The van der Waals surface area contributed by atoms with E-state index in [1.165, 1.54) is 0 Å². The summed E-state index contributed by atoms with van der Waals surface area (Å²) >= 11 is 1.05. The highest BCUT2D eigenvalue weighted by atomic mass is 32.1. The van der Waals surface area contributed by atoms with E-state index in [2.05, 4.69) is 10.7 Å². The molecule has 2 rings (SSSR count). The summed E-state index contributed by atoms with van der Waals surface area (Å²) in [7, 11) is 0. The van der Waals surface area contributed by atoms with Crippen LogP contribution in [0, 0.1) is 12.3 Å². The quantitative estimate of drug-likeness (QED) is 0.852. The van der Waals surface area contributed by atoms with Gasteiger partial charge < -0.3 is 10.4 Å². The van der Waals surface area contributed by atoms with Gasteiger partial charge in [0, 0.05) is 6.54 Å². The zero-order valence-corrected chi connectivity index (χ0v) is 12.8. The van der Waals surface area contributed by atoms with Crippen LogP contribution in [0.2, 0.25) is 0 Å². The number of nitrogens with one attached hydrogen (secondary N) is 1. The van der Waals surface area contributed by atoms with Gasteiger partial charge in [-0.2, -0.15) is 0 Å². The lowest BCUT2D eigenvalue weighted by molar-refractivity contribution is 0.221. The van der Waals surface area contributed by atoms with Gasteiger partial charge in [-0.25, -0.2) is 14.2 Å². The summed E-state index contributed by atoms with van der Waals surface area (Å²) in [5, 5.41) is 14.7. The predicted molar refractivity (Wildman–Crippen MR) is 80.1 cm³/mol. The molecule has 2 heterocycles. The van der Waals surface area contributed by atoms with E-state index < -0.39 is 23.3 Å². The van der Waals surface area contributed by atoms with Crippen LogP contribution >= 0.6 is 11.3 Å². The molecule has 0 spiro atoms. The second-order valence-electron chi connectivity index (χ2n) is 4.71. The molecular formula is C13H16N3O4S. The Morgan fingerprint density at radius 3 is 2.71 bits per heavy atom. The number of rotatable bonds is 3. The van der Waals surface area contributed by atoms with E-state index in [-0.39, 0.29) is 18.0 Å². The second kappa shape index (κ2) is 5.82. The molecule has 1 radical (unpaired) electrons. The summed E-state index contributed by atoms with van der Waals surface area (Å²) < 4.78 is 1.94. The molecule has 2 N–H and O–H groups in total. The van der Waals surface area contributed by atoms with Gasteiger partial charge in [0.05, 0.1) is 23.4 Å². The maximum Gasteiger partial charge on any atom is 0.340 e. The maximum absolute atomic E-state index is 12.4. The van der Waals surface area contributed by atoms with Crippen molar-refractivity contribution in [3.05, 3.63) is 31.8 Å². The van der Waals surface area contributed by atoms with Gasteiger partial charge in [0.1, 0.15) is 4.83 Å². The first-order chi connectivity index (χ1) is 9.92. The molecule has 2 aromatic heterocycles. The highest BCUT2D eigenvalue weighted by molar-refractivity contribution is 7.16. The molecule has 0 aliphatic rings. The lowest BCUT2D eigenvalue weighted by atomic mass is 10.2. The van der Waals surface area contributed by atoms with Crippen molar-refractivity contribution >= 4 is 27.6 Å². The van der Waals surface area contributed by atoms with Crippen LogP contribution < -0.4 is 16.6 Å². The summed E-state index contributed by atoms with van der Waals surface area (Å²) in [4.78, 5) is 37.2. The molecule has 0 bridgehead atoms. The molecule has 2 aromatic rings. The number of amides is 1. The van der Waals surface area contributed by atoms with Gasteiger partial charge in [0.15, 0.2) is 0 Å².